The number of carbonyl (C=O) groups excluding carboxylic acids is 2. The molecule has 0 aliphatic carbocycles. The largest absolute Gasteiger partial charge is 0.368 e. The smallest absolute Gasteiger partial charge is 0.261 e. The van der Waals surface area contributed by atoms with Crippen LogP contribution >= 0.6 is 23.2 Å². The molecule has 2 heterocycles. The summed E-state index contributed by atoms with van der Waals surface area (Å²) < 4.78 is 0. The van der Waals surface area contributed by atoms with Crippen LogP contribution in [-0.4, -0.2) is 60.9 Å². The zero-order valence-electron chi connectivity index (χ0n) is 15.9. The SMILES string of the molecule is O=C1c2ccccc2C(=O)N1C/C=C/CN1CCN(c2cccc(Cl)c2Cl)CC1. The fraction of sp³-hybridized carbons (Fsp3) is 0.273. The van der Waals surface area contributed by atoms with Crippen molar-refractivity contribution in [3.05, 3.63) is 75.8 Å². The summed E-state index contributed by atoms with van der Waals surface area (Å²) in [5.74, 6) is -0.440. The fourth-order valence-electron chi connectivity index (χ4n) is 3.72. The molecular weight excluding hydrogens is 409 g/mol. The minimum Gasteiger partial charge on any atom is -0.368 e. The van der Waals surface area contributed by atoms with Gasteiger partial charge in [0.1, 0.15) is 0 Å². The van der Waals surface area contributed by atoms with Crippen LogP contribution in [0.2, 0.25) is 10.0 Å². The van der Waals surface area contributed by atoms with Crippen molar-refractivity contribution in [3.8, 4) is 0 Å². The van der Waals surface area contributed by atoms with Crippen LogP contribution in [-0.2, 0) is 0 Å². The normalized spacial score (nSPS) is 17.4. The Kier molecular flexibility index (Phi) is 5.90. The van der Waals surface area contributed by atoms with Crippen molar-refractivity contribution >= 4 is 40.7 Å². The van der Waals surface area contributed by atoms with Gasteiger partial charge in [-0.05, 0) is 24.3 Å². The molecule has 0 spiro atoms. The Balaban J connectivity index is 1.27. The lowest BCUT2D eigenvalue weighted by Crippen LogP contribution is -2.46. The van der Waals surface area contributed by atoms with E-state index in [0.29, 0.717) is 27.7 Å². The van der Waals surface area contributed by atoms with Gasteiger partial charge in [0.15, 0.2) is 0 Å². The number of hydrogen-bond acceptors (Lipinski definition) is 4. The van der Waals surface area contributed by atoms with Crippen molar-refractivity contribution in [2.75, 3.05) is 44.2 Å². The van der Waals surface area contributed by atoms with Crippen molar-refractivity contribution in [2.45, 2.75) is 0 Å². The standard InChI is InChI=1S/C22H21Cl2N3O2/c23-18-8-5-9-19(20(18)24)26-14-12-25(13-15-26)10-3-4-11-27-21(28)16-6-1-2-7-17(16)22(27)29/h1-9H,10-15H2/b4-3+. The third kappa shape index (κ3) is 4.04. The van der Waals surface area contributed by atoms with Gasteiger partial charge in [0, 0.05) is 39.3 Å². The van der Waals surface area contributed by atoms with E-state index in [4.69, 9.17) is 23.2 Å². The highest BCUT2D eigenvalue weighted by molar-refractivity contribution is 6.43. The molecule has 150 valence electrons. The molecule has 1 saturated heterocycles. The van der Waals surface area contributed by atoms with Gasteiger partial charge in [0.2, 0.25) is 0 Å². The van der Waals surface area contributed by atoms with Gasteiger partial charge < -0.3 is 4.90 Å². The Morgan fingerprint density at radius 1 is 0.793 bits per heavy atom. The van der Waals surface area contributed by atoms with Gasteiger partial charge in [0.05, 0.1) is 26.9 Å². The molecule has 29 heavy (non-hydrogen) atoms. The highest BCUT2D eigenvalue weighted by Crippen LogP contribution is 2.32. The van der Waals surface area contributed by atoms with Crippen molar-refractivity contribution in [3.63, 3.8) is 0 Å². The number of imide groups is 1. The zero-order chi connectivity index (χ0) is 20.4. The fourth-order valence-corrected chi connectivity index (χ4v) is 4.13. The van der Waals surface area contributed by atoms with Crippen molar-refractivity contribution in [1.82, 2.24) is 9.80 Å². The quantitative estimate of drug-likeness (QED) is 0.532. The number of rotatable bonds is 5. The van der Waals surface area contributed by atoms with E-state index in [-0.39, 0.29) is 11.8 Å². The summed E-state index contributed by atoms with van der Waals surface area (Å²) in [7, 11) is 0. The molecule has 1 fully saturated rings. The number of halogens is 2. The summed E-state index contributed by atoms with van der Waals surface area (Å²) in [4.78, 5) is 30.6. The van der Waals surface area contributed by atoms with E-state index in [1.54, 1.807) is 30.3 Å². The predicted molar refractivity (Wildman–Crippen MR) is 116 cm³/mol. The number of benzene rings is 2. The first-order chi connectivity index (χ1) is 14.1. The summed E-state index contributed by atoms with van der Waals surface area (Å²) in [5, 5.41) is 1.17. The number of nitrogens with zero attached hydrogens (tertiary/aromatic N) is 3. The first-order valence-corrected chi connectivity index (χ1v) is 10.3. The van der Waals surface area contributed by atoms with Crippen LogP contribution in [0.1, 0.15) is 20.7 Å². The van der Waals surface area contributed by atoms with E-state index >= 15 is 0 Å². The minimum absolute atomic E-state index is 0.220. The summed E-state index contributed by atoms with van der Waals surface area (Å²) in [6.07, 6.45) is 3.91. The van der Waals surface area contributed by atoms with Gasteiger partial charge in [0.25, 0.3) is 11.8 Å². The molecule has 0 bridgehead atoms. The van der Waals surface area contributed by atoms with Gasteiger partial charge in [-0.15, -0.1) is 0 Å². The number of hydrogen-bond donors (Lipinski definition) is 0. The van der Waals surface area contributed by atoms with E-state index in [1.807, 2.05) is 24.3 Å². The molecule has 0 radical (unpaired) electrons. The maximum absolute atomic E-state index is 12.4. The second kappa shape index (κ2) is 8.57. The molecule has 0 unspecified atom stereocenters. The third-order valence-electron chi connectivity index (χ3n) is 5.34. The van der Waals surface area contributed by atoms with Crippen LogP contribution < -0.4 is 4.90 Å². The van der Waals surface area contributed by atoms with Gasteiger partial charge in [-0.1, -0.05) is 53.6 Å². The first kappa shape index (κ1) is 20.0. The number of carbonyl (C=O) groups is 2. The van der Waals surface area contributed by atoms with E-state index in [2.05, 4.69) is 9.80 Å². The van der Waals surface area contributed by atoms with Gasteiger partial charge in [-0.2, -0.15) is 0 Å². The lowest BCUT2D eigenvalue weighted by atomic mass is 10.1. The Morgan fingerprint density at radius 3 is 2.07 bits per heavy atom. The molecule has 0 aromatic heterocycles. The number of anilines is 1. The molecule has 7 heteroatoms. The van der Waals surface area contributed by atoms with Crippen LogP contribution in [0.15, 0.2) is 54.6 Å². The van der Waals surface area contributed by atoms with E-state index in [1.165, 1.54) is 4.90 Å². The molecule has 2 aliphatic heterocycles. The van der Waals surface area contributed by atoms with Crippen LogP contribution in [0.4, 0.5) is 5.69 Å². The maximum Gasteiger partial charge on any atom is 0.261 e. The lowest BCUT2D eigenvalue weighted by Gasteiger charge is -2.36. The van der Waals surface area contributed by atoms with E-state index < -0.39 is 0 Å². The molecule has 0 saturated carbocycles. The summed E-state index contributed by atoms with van der Waals surface area (Å²) in [5.41, 5.74) is 1.95. The second-order valence-corrected chi connectivity index (χ2v) is 7.88. The summed E-state index contributed by atoms with van der Waals surface area (Å²) >= 11 is 12.4. The topological polar surface area (TPSA) is 43.9 Å². The Bertz CT molecular complexity index is 933. The minimum atomic E-state index is -0.220. The summed E-state index contributed by atoms with van der Waals surface area (Å²) in [6.45, 7) is 4.61. The van der Waals surface area contributed by atoms with Crippen molar-refractivity contribution in [1.29, 1.82) is 0 Å². The Morgan fingerprint density at radius 2 is 1.41 bits per heavy atom. The van der Waals surface area contributed by atoms with Crippen LogP contribution in [0.5, 0.6) is 0 Å². The number of piperazine rings is 1. The highest BCUT2D eigenvalue weighted by Gasteiger charge is 2.34. The highest BCUT2D eigenvalue weighted by atomic mass is 35.5. The molecule has 2 aromatic carbocycles. The average molecular weight is 430 g/mol. The average Bonchev–Trinajstić information content (AvgIpc) is 2.99. The Hall–Kier alpha value is -2.34. The summed E-state index contributed by atoms with van der Waals surface area (Å²) in [6, 6.07) is 12.7. The second-order valence-electron chi connectivity index (χ2n) is 7.10. The van der Waals surface area contributed by atoms with Gasteiger partial charge in [-0.3, -0.25) is 19.4 Å². The van der Waals surface area contributed by atoms with Crippen molar-refractivity contribution in [2.24, 2.45) is 0 Å². The van der Waals surface area contributed by atoms with Gasteiger partial charge >= 0.3 is 0 Å². The monoisotopic (exact) mass is 429 g/mol. The molecular formula is C22H21Cl2N3O2. The molecule has 2 aliphatic rings. The van der Waals surface area contributed by atoms with E-state index in [0.717, 1.165) is 38.4 Å². The lowest BCUT2D eigenvalue weighted by molar-refractivity contribution is 0.0672. The van der Waals surface area contributed by atoms with Crippen molar-refractivity contribution < 1.29 is 9.59 Å². The Labute approximate surface area is 180 Å². The van der Waals surface area contributed by atoms with Gasteiger partial charge in [-0.25, -0.2) is 0 Å². The number of amides is 2. The molecule has 2 aromatic rings. The maximum atomic E-state index is 12.4. The third-order valence-corrected chi connectivity index (χ3v) is 6.15. The number of fused-ring (bicyclic) bond motifs is 1. The molecule has 0 N–H and O–H groups in total. The molecule has 4 rings (SSSR count). The van der Waals surface area contributed by atoms with Crippen LogP contribution in [0.25, 0.3) is 0 Å². The molecule has 5 nitrogen and oxygen atoms in total. The molecule has 0 atom stereocenters. The zero-order valence-corrected chi connectivity index (χ0v) is 17.4. The van der Waals surface area contributed by atoms with Crippen LogP contribution in [0.3, 0.4) is 0 Å². The first-order valence-electron chi connectivity index (χ1n) is 9.58. The predicted octanol–water partition coefficient (Wildman–Crippen LogP) is 3.97. The molecule has 2 amide bonds. The van der Waals surface area contributed by atoms with Crippen LogP contribution in [0, 0.1) is 0 Å². The van der Waals surface area contributed by atoms with E-state index in [9.17, 15) is 9.59 Å².